The number of morpholine rings is 1. The molecule has 154 valence electrons. The zero-order valence-corrected chi connectivity index (χ0v) is 16.6. The SMILES string of the molecule is COc1ccc(NC(=O)c2cccc(C(N)=O)c2)cc1S(=O)(=O)N1CCOCC1. The van der Waals surface area contributed by atoms with E-state index in [9.17, 15) is 18.0 Å². The maximum atomic E-state index is 13.0. The standard InChI is InChI=1S/C19H21N3O6S/c1-27-16-6-5-15(12-17(16)29(25,26)22-7-9-28-10-8-22)21-19(24)14-4-2-3-13(11-14)18(20)23/h2-6,11-12H,7-10H2,1H3,(H2,20,23)(H,21,24). The van der Waals surface area contributed by atoms with E-state index >= 15 is 0 Å². The van der Waals surface area contributed by atoms with Crippen molar-refractivity contribution in [2.45, 2.75) is 4.90 Å². The van der Waals surface area contributed by atoms with Crippen molar-refractivity contribution >= 4 is 27.5 Å². The summed E-state index contributed by atoms with van der Waals surface area (Å²) in [7, 11) is -2.45. The number of nitrogens with two attached hydrogens (primary N) is 1. The predicted molar refractivity (Wildman–Crippen MR) is 105 cm³/mol. The Hall–Kier alpha value is -2.95. The van der Waals surface area contributed by atoms with Crippen LogP contribution in [0.2, 0.25) is 0 Å². The van der Waals surface area contributed by atoms with Crippen molar-refractivity contribution in [1.82, 2.24) is 4.31 Å². The Kier molecular flexibility index (Phi) is 6.16. The molecule has 29 heavy (non-hydrogen) atoms. The largest absolute Gasteiger partial charge is 0.495 e. The maximum Gasteiger partial charge on any atom is 0.255 e. The summed E-state index contributed by atoms with van der Waals surface area (Å²) in [6, 6.07) is 10.3. The average molecular weight is 419 g/mol. The van der Waals surface area contributed by atoms with Crippen molar-refractivity contribution in [3.8, 4) is 5.75 Å². The number of primary amides is 1. The van der Waals surface area contributed by atoms with Gasteiger partial charge in [0.2, 0.25) is 15.9 Å². The van der Waals surface area contributed by atoms with Crippen LogP contribution in [0.5, 0.6) is 5.75 Å². The monoisotopic (exact) mass is 419 g/mol. The first-order valence-electron chi connectivity index (χ1n) is 8.80. The number of hydrogen-bond acceptors (Lipinski definition) is 6. The van der Waals surface area contributed by atoms with Gasteiger partial charge in [-0.05, 0) is 36.4 Å². The Morgan fingerprint density at radius 3 is 2.45 bits per heavy atom. The van der Waals surface area contributed by atoms with Gasteiger partial charge in [-0.15, -0.1) is 0 Å². The van der Waals surface area contributed by atoms with Gasteiger partial charge in [0.1, 0.15) is 10.6 Å². The Labute approximate surface area is 168 Å². The van der Waals surface area contributed by atoms with Gasteiger partial charge in [0.25, 0.3) is 5.91 Å². The lowest BCUT2D eigenvalue weighted by molar-refractivity contribution is 0.0729. The zero-order valence-electron chi connectivity index (χ0n) is 15.8. The quantitative estimate of drug-likeness (QED) is 0.721. The van der Waals surface area contributed by atoms with Gasteiger partial charge in [-0.3, -0.25) is 9.59 Å². The number of methoxy groups -OCH3 is 1. The number of rotatable bonds is 6. The van der Waals surface area contributed by atoms with E-state index in [1.54, 1.807) is 0 Å². The van der Waals surface area contributed by atoms with Crippen LogP contribution in [0, 0.1) is 0 Å². The highest BCUT2D eigenvalue weighted by Crippen LogP contribution is 2.30. The van der Waals surface area contributed by atoms with Crippen LogP contribution < -0.4 is 15.8 Å². The number of nitrogens with one attached hydrogen (secondary N) is 1. The summed E-state index contributed by atoms with van der Waals surface area (Å²) in [5.41, 5.74) is 5.93. The first-order valence-corrected chi connectivity index (χ1v) is 10.2. The third kappa shape index (κ3) is 4.56. The van der Waals surface area contributed by atoms with E-state index in [0.717, 1.165) is 0 Å². The van der Waals surface area contributed by atoms with Crippen LogP contribution >= 0.6 is 0 Å². The van der Waals surface area contributed by atoms with Crippen LogP contribution in [-0.2, 0) is 14.8 Å². The fourth-order valence-corrected chi connectivity index (χ4v) is 4.49. The molecule has 9 nitrogen and oxygen atoms in total. The molecule has 3 rings (SSSR count). The summed E-state index contributed by atoms with van der Waals surface area (Å²) in [5.74, 6) is -0.985. The summed E-state index contributed by atoms with van der Waals surface area (Å²) in [4.78, 5) is 23.8. The second-order valence-corrected chi connectivity index (χ2v) is 8.19. The molecule has 1 heterocycles. The van der Waals surface area contributed by atoms with Gasteiger partial charge in [-0.1, -0.05) is 6.07 Å². The molecule has 2 amide bonds. The van der Waals surface area contributed by atoms with Crippen LogP contribution in [0.3, 0.4) is 0 Å². The molecular weight excluding hydrogens is 398 g/mol. The molecule has 0 saturated carbocycles. The van der Waals surface area contributed by atoms with Gasteiger partial charge in [0.15, 0.2) is 0 Å². The molecule has 0 atom stereocenters. The lowest BCUT2D eigenvalue weighted by Gasteiger charge is -2.26. The molecule has 1 fully saturated rings. The fraction of sp³-hybridized carbons (Fsp3) is 0.263. The first kappa shape index (κ1) is 20.8. The van der Waals surface area contributed by atoms with E-state index in [0.29, 0.717) is 13.2 Å². The molecule has 0 bridgehead atoms. The third-order valence-corrected chi connectivity index (χ3v) is 6.34. The molecule has 1 saturated heterocycles. The molecule has 0 radical (unpaired) electrons. The number of sulfonamides is 1. The molecule has 3 N–H and O–H groups in total. The van der Waals surface area contributed by atoms with E-state index in [4.69, 9.17) is 15.2 Å². The topological polar surface area (TPSA) is 128 Å². The normalized spacial score (nSPS) is 14.9. The zero-order chi connectivity index (χ0) is 21.0. The molecule has 0 aliphatic carbocycles. The van der Waals surface area contributed by atoms with E-state index < -0.39 is 21.8 Å². The highest BCUT2D eigenvalue weighted by atomic mass is 32.2. The number of ether oxygens (including phenoxy) is 2. The molecule has 0 aromatic heterocycles. The molecule has 0 spiro atoms. The molecule has 2 aromatic carbocycles. The van der Waals surface area contributed by atoms with Crippen LogP contribution in [0.15, 0.2) is 47.4 Å². The number of hydrogen-bond donors (Lipinski definition) is 2. The van der Waals surface area contributed by atoms with E-state index in [1.165, 1.54) is 53.9 Å². The van der Waals surface area contributed by atoms with Crippen molar-refractivity contribution < 1.29 is 27.5 Å². The highest BCUT2D eigenvalue weighted by molar-refractivity contribution is 7.89. The minimum atomic E-state index is -3.83. The highest BCUT2D eigenvalue weighted by Gasteiger charge is 2.29. The number of amides is 2. The van der Waals surface area contributed by atoms with Gasteiger partial charge in [0, 0.05) is 29.9 Å². The lowest BCUT2D eigenvalue weighted by Crippen LogP contribution is -2.40. The Balaban J connectivity index is 1.89. The van der Waals surface area contributed by atoms with Crippen LogP contribution in [-0.4, -0.2) is 58.0 Å². The van der Waals surface area contributed by atoms with Crippen LogP contribution in [0.25, 0.3) is 0 Å². The molecule has 10 heteroatoms. The lowest BCUT2D eigenvalue weighted by atomic mass is 10.1. The molecule has 1 aliphatic heterocycles. The van der Waals surface area contributed by atoms with Gasteiger partial charge < -0.3 is 20.5 Å². The number of anilines is 1. The fourth-order valence-electron chi connectivity index (χ4n) is 2.90. The molecule has 2 aromatic rings. The second kappa shape index (κ2) is 8.60. The summed E-state index contributed by atoms with van der Waals surface area (Å²) < 4.78 is 37.8. The first-order chi connectivity index (χ1) is 13.8. The van der Waals surface area contributed by atoms with Gasteiger partial charge >= 0.3 is 0 Å². The van der Waals surface area contributed by atoms with Crippen LogP contribution in [0.4, 0.5) is 5.69 Å². The summed E-state index contributed by atoms with van der Waals surface area (Å²) in [6.07, 6.45) is 0. The van der Waals surface area contributed by atoms with Crippen LogP contribution in [0.1, 0.15) is 20.7 Å². The second-order valence-electron chi connectivity index (χ2n) is 6.28. The van der Waals surface area contributed by atoms with Gasteiger partial charge in [-0.25, -0.2) is 8.42 Å². The van der Waals surface area contributed by atoms with Gasteiger partial charge in [0.05, 0.1) is 20.3 Å². The number of carbonyl (C=O) groups is 2. The summed E-state index contributed by atoms with van der Waals surface area (Å²) in [5, 5.41) is 2.64. The minimum Gasteiger partial charge on any atom is -0.495 e. The average Bonchev–Trinajstić information content (AvgIpc) is 2.74. The summed E-state index contributed by atoms with van der Waals surface area (Å²) >= 11 is 0. The van der Waals surface area contributed by atoms with Crippen molar-refractivity contribution in [2.75, 3.05) is 38.7 Å². The van der Waals surface area contributed by atoms with Gasteiger partial charge in [-0.2, -0.15) is 4.31 Å². The maximum absolute atomic E-state index is 13.0. The number of carbonyl (C=O) groups excluding carboxylic acids is 2. The van der Waals surface area contributed by atoms with E-state index in [1.807, 2.05) is 0 Å². The number of benzene rings is 2. The van der Waals surface area contributed by atoms with Crippen molar-refractivity contribution in [1.29, 1.82) is 0 Å². The molecule has 0 unspecified atom stereocenters. The predicted octanol–water partition coefficient (Wildman–Crippen LogP) is 1.07. The molecular formula is C19H21N3O6S. The molecule has 1 aliphatic rings. The van der Waals surface area contributed by atoms with Crippen molar-refractivity contribution in [2.24, 2.45) is 5.73 Å². The van der Waals surface area contributed by atoms with E-state index in [2.05, 4.69) is 5.32 Å². The third-order valence-electron chi connectivity index (χ3n) is 4.42. The van der Waals surface area contributed by atoms with Crippen molar-refractivity contribution in [3.63, 3.8) is 0 Å². The smallest absolute Gasteiger partial charge is 0.255 e. The minimum absolute atomic E-state index is 0.0504. The Morgan fingerprint density at radius 2 is 1.79 bits per heavy atom. The number of nitrogens with zero attached hydrogens (tertiary/aromatic N) is 1. The Bertz CT molecular complexity index is 1030. The van der Waals surface area contributed by atoms with E-state index in [-0.39, 0.29) is 40.5 Å². The Morgan fingerprint density at radius 1 is 1.10 bits per heavy atom. The van der Waals surface area contributed by atoms with Crippen molar-refractivity contribution in [3.05, 3.63) is 53.6 Å². The summed E-state index contributed by atoms with van der Waals surface area (Å²) in [6.45, 7) is 1.10.